The molecule has 0 bridgehead atoms. The van der Waals surface area contributed by atoms with Crippen LogP contribution in [-0.2, 0) is 19.5 Å². The number of hydrogen-bond donors (Lipinski definition) is 0. The molecule has 6 heteroatoms. The van der Waals surface area contributed by atoms with Crippen molar-refractivity contribution >= 4 is 0 Å². The first-order chi connectivity index (χ1) is 11.3. The first-order valence-corrected chi connectivity index (χ1v) is 7.50. The van der Waals surface area contributed by atoms with Crippen LogP contribution in [0.15, 0.2) is 47.3 Å². The highest BCUT2D eigenvalue weighted by Gasteiger charge is 2.20. The highest BCUT2D eigenvalue weighted by molar-refractivity contribution is 5.46. The van der Waals surface area contributed by atoms with E-state index >= 15 is 0 Å². The molecule has 0 amide bonds. The number of aromatic nitrogens is 3. The van der Waals surface area contributed by atoms with E-state index in [1.54, 1.807) is 18.5 Å². The van der Waals surface area contributed by atoms with Gasteiger partial charge in [-0.3, -0.25) is 9.88 Å². The summed E-state index contributed by atoms with van der Waals surface area (Å²) in [5.41, 5.74) is 2.58. The molecule has 0 fully saturated rings. The molecule has 23 heavy (non-hydrogen) atoms. The minimum absolute atomic E-state index is 0.261. The van der Waals surface area contributed by atoms with Gasteiger partial charge >= 0.3 is 0 Å². The maximum Gasteiger partial charge on any atom is 0.195 e. The van der Waals surface area contributed by atoms with Gasteiger partial charge in [0.15, 0.2) is 11.6 Å². The van der Waals surface area contributed by atoms with Crippen molar-refractivity contribution < 1.29 is 8.81 Å². The third-order valence-corrected chi connectivity index (χ3v) is 3.96. The van der Waals surface area contributed by atoms with E-state index in [-0.39, 0.29) is 5.82 Å². The lowest BCUT2D eigenvalue weighted by atomic mass is 10.1. The van der Waals surface area contributed by atoms with Crippen LogP contribution in [0.1, 0.15) is 17.0 Å². The van der Waals surface area contributed by atoms with Crippen LogP contribution >= 0.6 is 0 Å². The number of furan rings is 1. The lowest BCUT2D eigenvalue weighted by Crippen LogP contribution is -2.31. The van der Waals surface area contributed by atoms with Gasteiger partial charge in [-0.1, -0.05) is 0 Å². The minimum Gasteiger partial charge on any atom is -0.461 e. The molecule has 0 spiro atoms. The summed E-state index contributed by atoms with van der Waals surface area (Å²) in [5, 5.41) is 0. The number of pyridine rings is 1. The van der Waals surface area contributed by atoms with Crippen LogP contribution in [0.3, 0.4) is 0 Å². The van der Waals surface area contributed by atoms with E-state index in [1.165, 1.54) is 6.07 Å². The van der Waals surface area contributed by atoms with Gasteiger partial charge in [-0.05, 0) is 24.3 Å². The zero-order valence-corrected chi connectivity index (χ0v) is 12.4. The van der Waals surface area contributed by atoms with Crippen LogP contribution in [0, 0.1) is 5.82 Å². The topological polar surface area (TPSA) is 55.1 Å². The molecule has 4 rings (SSSR count). The van der Waals surface area contributed by atoms with Crippen LogP contribution in [0.25, 0.3) is 11.6 Å². The Bertz CT molecular complexity index is 819. The van der Waals surface area contributed by atoms with Crippen LogP contribution in [0.2, 0.25) is 0 Å². The van der Waals surface area contributed by atoms with Crippen LogP contribution in [-0.4, -0.2) is 26.4 Å². The molecule has 1 aliphatic heterocycles. The molecule has 0 saturated heterocycles. The Morgan fingerprint density at radius 2 is 2.17 bits per heavy atom. The Kier molecular flexibility index (Phi) is 3.59. The van der Waals surface area contributed by atoms with Crippen molar-refractivity contribution in [3.63, 3.8) is 0 Å². The second-order valence-corrected chi connectivity index (χ2v) is 5.54. The van der Waals surface area contributed by atoms with Gasteiger partial charge in [-0.2, -0.15) is 0 Å². The van der Waals surface area contributed by atoms with E-state index in [0.717, 1.165) is 24.2 Å². The van der Waals surface area contributed by atoms with Gasteiger partial charge in [0.2, 0.25) is 0 Å². The Balaban J connectivity index is 1.53. The number of fused-ring (bicyclic) bond motifs is 1. The van der Waals surface area contributed by atoms with Gasteiger partial charge < -0.3 is 4.42 Å². The predicted molar refractivity (Wildman–Crippen MR) is 81.7 cm³/mol. The maximum atomic E-state index is 13.7. The molecule has 0 radical (unpaired) electrons. The van der Waals surface area contributed by atoms with Gasteiger partial charge in [0, 0.05) is 44.0 Å². The van der Waals surface area contributed by atoms with Gasteiger partial charge in [0.1, 0.15) is 5.82 Å². The van der Waals surface area contributed by atoms with Crippen molar-refractivity contribution in [2.75, 3.05) is 6.54 Å². The monoisotopic (exact) mass is 310 g/mol. The lowest BCUT2D eigenvalue weighted by Gasteiger charge is -2.27. The molecule has 5 nitrogen and oxygen atoms in total. The van der Waals surface area contributed by atoms with Crippen molar-refractivity contribution in [3.8, 4) is 11.6 Å². The first kappa shape index (κ1) is 14.0. The van der Waals surface area contributed by atoms with E-state index in [9.17, 15) is 4.39 Å². The van der Waals surface area contributed by atoms with Crippen LogP contribution < -0.4 is 0 Å². The Morgan fingerprint density at radius 3 is 3.00 bits per heavy atom. The van der Waals surface area contributed by atoms with E-state index < -0.39 is 0 Å². The van der Waals surface area contributed by atoms with Crippen LogP contribution in [0.5, 0.6) is 0 Å². The quantitative estimate of drug-likeness (QED) is 0.744. The van der Waals surface area contributed by atoms with Crippen molar-refractivity contribution in [3.05, 3.63) is 65.7 Å². The van der Waals surface area contributed by atoms with E-state index in [0.29, 0.717) is 30.4 Å². The molecule has 0 N–H and O–H groups in total. The first-order valence-electron chi connectivity index (χ1n) is 7.50. The number of nitrogens with zero attached hydrogens (tertiary/aromatic N) is 4. The summed E-state index contributed by atoms with van der Waals surface area (Å²) in [5.74, 6) is 1.02. The highest BCUT2D eigenvalue weighted by Crippen LogP contribution is 2.22. The zero-order valence-electron chi connectivity index (χ0n) is 12.4. The summed E-state index contributed by atoms with van der Waals surface area (Å²) in [6.45, 7) is 2.01. The highest BCUT2D eigenvalue weighted by atomic mass is 19.1. The van der Waals surface area contributed by atoms with Crippen molar-refractivity contribution in [1.82, 2.24) is 19.9 Å². The normalized spacial score (nSPS) is 14.7. The van der Waals surface area contributed by atoms with Crippen molar-refractivity contribution in [2.24, 2.45) is 0 Å². The molecule has 0 atom stereocenters. The molecule has 0 aliphatic carbocycles. The number of rotatable bonds is 3. The Morgan fingerprint density at radius 1 is 1.22 bits per heavy atom. The maximum absolute atomic E-state index is 13.7. The lowest BCUT2D eigenvalue weighted by molar-refractivity contribution is 0.236. The molecule has 3 aromatic rings. The van der Waals surface area contributed by atoms with E-state index in [4.69, 9.17) is 4.42 Å². The molecular weight excluding hydrogens is 295 g/mol. The van der Waals surface area contributed by atoms with E-state index in [1.807, 2.05) is 18.3 Å². The molecule has 4 heterocycles. The van der Waals surface area contributed by atoms with E-state index in [2.05, 4.69) is 19.9 Å². The third kappa shape index (κ3) is 2.85. The third-order valence-electron chi connectivity index (χ3n) is 3.96. The average molecular weight is 310 g/mol. The Labute approximate surface area is 132 Å². The molecule has 3 aromatic heterocycles. The second kappa shape index (κ2) is 5.89. The Hall–Kier alpha value is -2.60. The summed E-state index contributed by atoms with van der Waals surface area (Å²) in [6, 6.07) is 6.72. The molecule has 1 aliphatic rings. The molecule has 116 valence electrons. The van der Waals surface area contributed by atoms with Crippen LogP contribution in [0.4, 0.5) is 4.39 Å². The fraction of sp³-hybridized carbons (Fsp3) is 0.235. The van der Waals surface area contributed by atoms with Gasteiger partial charge in [-0.15, -0.1) is 0 Å². The summed E-state index contributed by atoms with van der Waals surface area (Å²) >= 11 is 0. The summed E-state index contributed by atoms with van der Waals surface area (Å²) < 4.78 is 19.1. The minimum atomic E-state index is -0.261. The molecular formula is C17H15FN4O. The standard InChI is InChI=1S/C17H15FN4O/c18-13-3-1-6-19-15(13)11-22-7-5-14-12(10-22)9-20-17(21-14)16-4-2-8-23-16/h1-4,6,8-9H,5,7,10-11H2. The summed E-state index contributed by atoms with van der Waals surface area (Å²) in [6.07, 6.45) is 5.87. The molecule has 0 unspecified atom stereocenters. The number of halogens is 1. The largest absolute Gasteiger partial charge is 0.461 e. The SMILES string of the molecule is Fc1cccnc1CN1CCc2nc(-c3ccco3)ncc2C1. The smallest absolute Gasteiger partial charge is 0.195 e. The summed E-state index contributed by atoms with van der Waals surface area (Å²) in [4.78, 5) is 15.2. The van der Waals surface area contributed by atoms with Crippen molar-refractivity contribution in [2.45, 2.75) is 19.5 Å². The fourth-order valence-corrected chi connectivity index (χ4v) is 2.78. The summed E-state index contributed by atoms with van der Waals surface area (Å²) in [7, 11) is 0. The van der Waals surface area contributed by atoms with Crippen molar-refractivity contribution in [1.29, 1.82) is 0 Å². The molecule has 0 saturated carbocycles. The average Bonchev–Trinajstić information content (AvgIpc) is 3.11. The fourth-order valence-electron chi connectivity index (χ4n) is 2.78. The predicted octanol–water partition coefficient (Wildman–Crippen LogP) is 2.83. The van der Waals surface area contributed by atoms with Gasteiger partial charge in [0.25, 0.3) is 0 Å². The van der Waals surface area contributed by atoms with Gasteiger partial charge in [0.05, 0.1) is 17.7 Å². The zero-order chi connectivity index (χ0) is 15.6. The van der Waals surface area contributed by atoms with Gasteiger partial charge in [-0.25, -0.2) is 14.4 Å². The molecule has 0 aromatic carbocycles. The second-order valence-electron chi connectivity index (χ2n) is 5.54. The number of hydrogen-bond acceptors (Lipinski definition) is 5.